The van der Waals surface area contributed by atoms with Crippen LogP contribution in [0, 0.1) is 0 Å². The summed E-state index contributed by atoms with van der Waals surface area (Å²) in [7, 11) is 0. The first kappa shape index (κ1) is 15.5. The largest absolute Gasteiger partial charge is 0.377 e. The van der Waals surface area contributed by atoms with Crippen LogP contribution in [0.5, 0.6) is 0 Å². The van der Waals surface area contributed by atoms with E-state index >= 15 is 0 Å². The van der Waals surface area contributed by atoms with Gasteiger partial charge < -0.3 is 5.11 Å². The Balaban J connectivity index is 0.00000180. The molecule has 0 unspecified atom stereocenters. The van der Waals surface area contributed by atoms with Gasteiger partial charge in [-0.25, -0.2) is 0 Å². The van der Waals surface area contributed by atoms with E-state index in [1.807, 2.05) is 0 Å². The summed E-state index contributed by atoms with van der Waals surface area (Å²) in [6.45, 7) is 0. The van der Waals surface area contributed by atoms with Crippen molar-refractivity contribution in [3.05, 3.63) is 71.8 Å². The Morgan fingerprint density at radius 2 is 1.05 bits per heavy atom. The molecule has 0 fully saturated rings. The van der Waals surface area contributed by atoms with Crippen molar-refractivity contribution in [3.63, 3.8) is 0 Å². The van der Waals surface area contributed by atoms with Crippen LogP contribution in [-0.4, -0.2) is 22.8 Å². The molecule has 2 rings (SSSR count). The van der Waals surface area contributed by atoms with E-state index in [2.05, 4.69) is 0 Å². The number of rotatable bonds is 4. The van der Waals surface area contributed by atoms with E-state index in [0.29, 0.717) is 11.1 Å². The van der Waals surface area contributed by atoms with Gasteiger partial charge in [-0.1, -0.05) is 60.7 Å². The summed E-state index contributed by atoms with van der Waals surface area (Å²) in [6.07, 6.45) is -1.64. The average molecular weight is 421 g/mol. The third-order valence-corrected chi connectivity index (χ3v) is 2.61. The molecule has 0 aliphatic carbocycles. The summed E-state index contributed by atoms with van der Waals surface area (Å²) >= 11 is 0. The molecule has 0 aliphatic rings. The van der Waals surface area contributed by atoms with Crippen molar-refractivity contribution in [2.45, 2.75) is 6.10 Å². The van der Waals surface area contributed by atoms with Gasteiger partial charge in [0.15, 0.2) is 17.7 Å². The van der Waals surface area contributed by atoms with Gasteiger partial charge in [-0.3, -0.25) is 9.59 Å². The fourth-order valence-corrected chi connectivity index (χ4v) is 1.64. The van der Waals surface area contributed by atoms with E-state index in [0.717, 1.165) is 0 Å². The van der Waals surface area contributed by atoms with Gasteiger partial charge in [0.2, 0.25) is 0 Å². The number of Topliss-reactive ketones (excluding diaryl/α,β-unsaturated/α-hetero) is 2. The predicted molar refractivity (Wildman–Crippen MR) is 67.6 cm³/mol. The fourth-order valence-electron chi connectivity index (χ4n) is 1.64. The molecule has 0 spiro atoms. The zero-order valence-corrected chi connectivity index (χ0v) is 13.3. The summed E-state index contributed by atoms with van der Waals surface area (Å²) in [5, 5.41) is 9.79. The maximum Gasteiger partial charge on any atom is 0.199 e. The van der Waals surface area contributed by atoms with Crippen LogP contribution in [0.1, 0.15) is 20.7 Å². The molecule has 4 heteroatoms. The van der Waals surface area contributed by atoms with Gasteiger partial charge in [0.25, 0.3) is 0 Å². The number of hydrogen-bond acceptors (Lipinski definition) is 3. The van der Waals surface area contributed by atoms with Crippen molar-refractivity contribution < 1.29 is 37.1 Å². The monoisotopic (exact) mass is 421 g/mol. The van der Waals surface area contributed by atoms with Crippen molar-refractivity contribution >= 4 is 11.6 Å². The fraction of sp³-hybridized carbons (Fsp3) is 0.0667. The number of benzene rings is 2. The molecule has 2 aromatic rings. The topological polar surface area (TPSA) is 54.4 Å². The van der Waals surface area contributed by atoms with Crippen molar-refractivity contribution in [3.8, 4) is 0 Å². The molecule has 95 valence electrons. The third kappa shape index (κ3) is 3.72. The van der Waals surface area contributed by atoms with Crippen molar-refractivity contribution in [2.24, 2.45) is 0 Å². The zero-order valence-electron chi connectivity index (χ0n) is 10.1. The molecule has 0 bridgehead atoms. The molecule has 3 nitrogen and oxygen atoms in total. The molecule has 1 radical (unpaired) electrons. The van der Waals surface area contributed by atoms with Crippen LogP contribution in [0.2, 0.25) is 0 Å². The molecule has 0 saturated heterocycles. The first-order chi connectivity index (χ1) is 8.70. The Labute approximate surface area is 126 Å². The van der Waals surface area contributed by atoms with Gasteiger partial charge in [0, 0.05) is 33.5 Å². The van der Waals surface area contributed by atoms with Gasteiger partial charge in [0.1, 0.15) is 0 Å². The first-order valence-corrected chi connectivity index (χ1v) is 5.57. The molecule has 0 aliphatic heterocycles. The number of carbonyl (C=O) groups is 2. The normalized spacial score (nSPS) is 9.79. The van der Waals surface area contributed by atoms with Crippen LogP contribution in [0.25, 0.3) is 0 Å². The molecule has 19 heavy (non-hydrogen) atoms. The maximum atomic E-state index is 11.9. The molecule has 0 amide bonds. The summed E-state index contributed by atoms with van der Waals surface area (Å²) < 4.78 is 0. The minimum Gasteiger partial charge on any atom is -0.377 e. The molecule has 1 N–H and O–H groups in total. The van der Waals surface area contributed by atoms with Gasteiger partial charge >= 0.3 is 0 Å². The Hall–Kier alpha value is -1.52. The number of hydrogen-bond donors (Lipinski definition) is 1. The molecule has 0 aromatic heterocycles. The van der Waals surface area contributed by atoms with Crippen LogP contribution in [-0.2, 0) is 22.4 Å². The zero-order chi connectivity index (χ0) is 13.0. The number of aliphatic hydroxyl groups excluding tert-OH is 1. The van der Waals surface area contributed by atoms with E-state index in [9.17, 15) is 14.7 Å². The van der Waals surface area contributed by atoms with Gasteiger partial charge in [-0.15, -0.1) is 0 Å². The van der Waals surface area contributed by atoms with E-state index < -0.39 is 17.7 Å². The summed E-state index contributed by atoms with van der Waals surface area (Å²) in [5.74, 6) is -1.16. The minimum atomic E-state index is -1.64. The average Bonchev–Trinajstić information content (AvgIpc) is 2.47. The van der Waals surface area contributed by atoms with Crippen LogP contribution >= 0.6 is 0 Å². The second-order valence-corrected chi connectivity index (χ2v) is 3.86. The summed E-state index contributed by atoms with van der Waals surface area (Å²) in [6, 6.07) is 16.6. The van der Waals surface area contributed by atoms with Crippen LogP contribution in [0.4, 0.5) is 0 Å². The van der Waals surface area contributed by atoms with Crippen molar-refractivity contribution in [1.29, 1.82) is 0 Å². The Kier molecular flexibility index (Phi) is 5.86. The SMILES string of the molecule is O=C(c1ccccc1)C(O)C(=O)c1ccccc1.[Ta]. The molecule has 0 heterocycles. The van der Waals surface area contributed by atoms with Crippen molar-refractivity contribution in [2.75, 3.05) is 0 Å². The maximum absolute atomic E-state index is 11.9. The Morgan fingerprint density at radius 1 is 0.737 bits per heavy atom. The quantitative estimate of drug-likeness (QED) is 0.608. The number of ketones is 2. The van der Waals surface area contributed by atoms with E-state index in [-0.39, 0.29) is 22.4 Å². The van der Waals surface area contributed by atoms with E-state index in [4.69, 9.17) is 0 Å². The van der Waals surface area contributed by atoms with Gasteiger partial charge in [0.05, 0.1) is 0 Å². The van der Waals surface area contributed by atoms with Crippen molar-refractivity contribution in [1.82, 2.24) is 0 Å². The van der Waals surface area contributed by atoms with Crippen LogP contribution < -0.4 is 0 Å². The number of carbonyl (C=O) groups excluding carboxylic acids is 2. The predicted octanol–water partition coefficient (Wildman–Crippen LogP) is 2.11. The van der Waals surface area contributed by atoms with Crippen LogP contribution in [0.3, 0.4) is 0 Å². The molecular weight excluding hydrogens is 409 g/mol. The summed E-state index contributed by atoms with van der Waals surface area (Å²) in [5.41, 5.74) is 0.656. The first-order valence-electron chi connectivity index (χ1n) is 5.57. The summed E-state index contributed by atoms with van der Waals surface area (Å²) in [4.78, 5) is 23.8. The number of aliphatic hydroxyl groups is 1. The second kappa shape index (κ2) is 7.16. The molecule has 0 atom stereocenters. The van der Waals surface area contributed by atoms with Gasteiger partial charge in [-0.2, -0.15) is 0 Å². The van der Waals surface area contributed by atoms with Crippen LogP contribution in [0.15, 0.2) is 60.7 Å². The van der Waals surface area contributed by atoms with Gasteiger partial charge in [-0.05, 0) is 0 Å². The Morgan fingerprint density at radius 3 is 1.37 bits per heavy atom. The Bertz CT molecular complexity index is 501. The minimum absolute atomic E-state index is 0. The van der Waals surface area contributed by atoms with E-state index in [1.165, 1.54) is 0 Å². The molecule has 0 saturated carbocycles. The van der Waals surface area contributed by atoms with E-state index in [1.54, 1.807) is 60.7 Å². The second-order valence-electron chi connectivity index (χ2n) is 3.86. The smallest absolute Gasteiger partial charge is 0.199 e. The molecule has 2 aromatic carbocycles. The molecular formula is C15H12O3Ta. The standard InChI is InChI=1S/C15H12O3.Ta/c16-13(11-7-3-1-4-8-11)15(18)14(17)12-9-5-2-6-10-12;/h1-10,15,18H;. The third-order valence-electron chi connectivity index (χ3n) is 2.61.